The second-order valence-corrected chi connectivity index (χ2v) is 8.55. The van der Waals surface area contributed by atoms with Crippen molar-refractivity contribution in [3.05, 3.63) is 24.3 Å². The van der Waals surface area contributed by atoms with E-state index in [-0.39, 0.29) is 5.54 Å². The van der Waals surface area contributed by atoms with E-state index in [4.69, 9.17) is 0 Å². The lowest BCUT2D eigenvalue weighted by Gasteiger charge is -2.30. The summed E-state index contributed by atoms with van der Waals surface area (Å²) in [6, 6.07) is 0.814. The first-order chi connectivity index (χ1) is 10.5. The fourth-order valence-electron chi connectivity index (χ4n) is 4.73. The molecular formula is C20H34N2. The molecule has 2 fully saturated rings. The van der Waals surface area contributed by atoms with E-state index in [9.17, 15) is 0 Å². The molecule has 0 bridgehead atoms. The molecule has 1 aliphatic heterocycles. The molecular weight excluding hydrogens is 268 g/mol. The van der Waals surface area contributed by atoms with Crippen LogP contribution >= 0.6 is 0 Å². The molecule has 2 nitrogen and oxygen atoms in total. The molecule has 0 amide bonds. The summed E-state index contributed by atoms with van der Waals surface area (Å²) in [5.41, 5.74) is 0.254. The maximum atomic E-state index is 3.64. The molecule has 0 aromatic rings. The average molecular weight is 303 g/mol. The van der Waals surface area contributed by atoms with Gasteiger partial charge in [-0.1, -0.05) is 24.3 Å². The number of allylic oxidation sites excluding steroid dienone is 3. The van der Waals surface area contributed by atoms with E-state index < -0.39 is 0 Å². The van der Waals surface area contributed by atoms with Gasteiger partial charge in [0.1, 0.15) is 0 Å². The van der Waals surface area contributed by atoms with Crippen LogP contribution in [-0.4, -0.2) is 36.1 Å². The van der Waals surface area contributed by atoms with Gasteiger partial charge in [0.15, 0.2) is 0 Å². The second-order valence-electron chi connectivity index (χ2n) is 8.55. The van der Waals surface area contributed by atoms with Crippen molar-refractivity contribution in [3.8, 4) is 0 Å². The van der Waals surface area contributed by atoms with Gasteiger partial charge in [0.05, 0.1) is 0 Å². The fraction of sp³-hybridized carbons (Fsp3) is 0.800. The standard InChI is InChI=1S/C20H34N2/c1-20(2,3)21-12-8-9-16-15-19(22-13-6-7-14-22)18-11-5-4-10-17(16)18/h4-5,10-11,16-19,21H,6-9,12-15H2,1-3H3. The van der Waals surface area contributed by atoms with Crippen LogP contribution in [0.3, 0.4) is 0 Å². The first kappa shape index (κ1) is 16.3. The molecule has 0 aromatic heterocycles. The summed E-state index contributed by atoms with van der Waals surface area (Å²) in [7, 11) is 0. The van der Waals surface area contributed by atoms with Crippen LogP contribution in [0.25, 0.3) is 0 Å². The Balaban J connectivity index is 1.55. The minimum Gasteiger partial charge on any atom is -0.312 e. The summed E-state index contributed by atoms with van der Waals surface area (Å²) >= 11 is 0. The minimum absolute atomic E-state index is 0.254. The van der Waals surface area contributed by atoms with Crippen molar-refractivity contribution in [2.75, 3.05) is 19.6 Å². The van der Waals surface area contributed by atoms with Gasteiger partial charge in [-0.15, -0.1) is 0 Å². The van der Waals surface area contributed by atoms with Crippen molar-refractivity contribution in [3.63, 3.8) is 0 Å². The Hall–Kier alpha value is -0.600. The number of hydrogen-bond donors (Lipinski definition) is 1. The van der Waals surface area contributed by atoms with Crippen LogP contribution in [0.1, 0.15) is 52.9 Å². The third-order valence-electron chi connectivity index (χ3n) is 5.77. The number of nitrogens with zero attached hydrogens (tertiary/aromatic N) is 1. The first-order valence-corrected chi connectivity index (χ1v) is 9.39. The van der Waals surface area contributed by atoms with Gasteiger partial charge in [-0.25, -0.2) is 0 Å². The largest absolute Gasteiger partial charge is 0.312 e. The molecule has 4 atom stereocenters. The summed E-state index contributed by atoms with van der Waals surface area (Å²) in [6.45, 7) is 10.6. The molecule has 2 aliphatic carbocycles. The van der Waals surface area contributed by atoms with E-state index in [0.29, 0.717) is 0 Å². The lowest BCUT2D eigenvalue weighted by Crippen LogP contribution is -2.36. The van der Waals surface area contributed by atoms with Crippen molar-refractivity contribution >= 4 is 0 Å². The first-order valence-electron chi connectivity index (χ1n) is 9.39. The highest BCUT2D eigenvalue weighted by Gasteiger charge is 2.43. The Bertz CT molecular complexity index is 412. The van der Waals surface area contributed by atoms with Crippen LogP contribution < -0.4 is 5.32 Å². The Kier molecular flexibility index (Phi) is 5.09. The maximum Gasteiger partial charge on any atom is 0.0167 e. The van der Waals surface area contributed by atoms with E-state index in [1.807, 2.05) is 0 Å². The predicted molar refractivity (Wildman–Crippen MR) is 95.0 cm³/mol. The Morgan fingerprint density at radius 1 is 1.05 bits per heavy atom. The van der Waals surface area contributed by atoms with Crippen molar-refractivity contribution in [1.82, 2.24) is 10.2 Å². The van der Waals surface area contributed by atoms with E-state index in [1.165, 1.54) is 45.2 Å². The molecule has 1 saturated carbocycles. The molecule has 4 unspecified atom stereocenters. The van der Waals surface area contributed by atoms with Gasteiger partial charge in [-0.2, -0.15) is 0 Å². The fourth-order valence-corrected chi connectivity index (χ4v) is 4.73. The zero-order valence-electron chi connectivity index (χ0n) is 14.7. The van der Waals surface area contributed by atoms with Crippen LogP contribution in [-0.2, 0) is 0 Å². The molecule has 1 saturated heterocycles. The van der Waals surface area contributed by atoms with E-state index in [2.05, 4.69) is 55.3 Å². The molecule has 0 radical (unpaired) electrons. The third kappa shape index (κ3) is 3.83. The monoisotopic (exact) mass is 302 g/mol. The topological polar surface area (TPSA) is 15.3 Å². The van der Waals surface area contributed by atoms with E-state index in [0.717, 1.165) is 30.3 Å². The summed E-state index contributed by atoms with van der Waals surface area (Å²) < 4.78 is 0. The van der Waals surface area contributed by atoms with Gasteiger partial charge in [0.25, 0.3) is 0 Å². The SMILES string of the molecule is CC(C)(C)NCCCC1CC(N2CCCC2)C2C=CC=CC12. The highest BCUT2D eigenvalue weighted by Crippen LogP contribution is 2.45. The normalized spacial score (nSPS) is 35.2. The van der Waals surface area contributed by atoms with Crippen LogP contribution in [0.5, 0.6) is 0 Å². The molecule has 1 heterocycles. The molecule has 0 spiro atoms. The number of nitrogens with one attached hydrogen (secondary N) is 1. The average Bonchev–Trinajstić information content (AvgIpc) is 3.10. The molecule has 22 heavy (non-hydrogen) atoms. The predicted octanol–water partition coefficient (Wildman–Crippen LogP) is 4.00. The van der Waals surface area contributed by atoms with Gasteiger partial charge in [0.2, 0.25) is 0 Å². The number of fused-ring (bicyclic) bond motifs is 1. The van der Waals surface area contributed by atoms with Crippen molar-refractivity contribution in [1.29, 1.82) is 0 Å². The van der Waals surface area contributed by atoms with Crippen LogP contribution in [0.4, 0.5) is 0 Å². The van der Waals surface area contributed by atoms with Gasteiger partial charge in [0, 0.05) is 11.6 Å². The van der Waals surface area contributed by atoms with Crippen LogP contribution in [0.15, 0.2) is 24.3 Å². The molecule has 2 heteroatoms. The van der Waals surface area contributed by atoms with E-state index >= 15 is 0 Å². The molecule has 1 N–H and O–H groups in total. The quantitative estimate of drug-likeness (QED) is 0.772. The molecule has 124 valence electrons. The summed E-state index contributed by atoms with van der Waals surface area (Å²) in [5, 5.41) is 3.64. The van der Waals surface area contributed by atoms with Crippen LogP contribution in [0, 0.1) is 17.8 Å². The smallest absolute Gasteiger partial charge is 0.0167 e. The Labute approximate surface area is 137 Å². The molecule has 3 rings (SSSR count). The van der Waals surface area contributed by atoms with Gasteiger partial charge in [-0.05, 0) is 90.3 Å². The highest BCUT2D eigenvalue weighted by atomic mass is 15.2. The number of likely N-dealkylation sites (tertiary alicyclic amines) is 1. The van der Waals surface area contributed by atoms with Gasteiger partial charge >= 0.3 is 0 Å². The molecule has 0 aromatic carbocycles. The number of rotatable bonds is 5. The maximum absolute atomic E-state index is 3.64. The Morgan fingerprint density at radius 3 is 2.41 bits per heavy atom. The van der Waals surface area contributed by atoms with Crippen LogP contribution in [0.2, 0.25) is 0 Å². The zero-order valence-corrected chi connectivity index (χ0v) is 14.7. The lowest BCUT2D eigenvalue weighted by atomic mass is 9.83. The van der Waals surface area contributed by atoms with Crippen molar-refractivity contribution in [2.45, 2.75) is 64.5 Å². The second kappa shape index (κ2) is 6.88. The highest BCUT2D eigenvalue weighted by molar-refractivity contribution is 5.20. The third-order valence-corrected chi connectivity index (χ3v) is 5.77. The summed E-state index contributed by atoms with van der Waals surface area (Å²) in [4.78, 5) is 2.79. The lowest BCUT2D eigenvalue weighted by molar-refractivity contribution is 0.209. The zero-order chi connectivity index (χ0) is 15.6. The summed E-state index contributed by atoms with van der Waals surface area (Å²) in [5.74, 6) is 2.47. The molecule has 3 aliphatic rings. The van der Waals surface area contributed by atoms with Crippen molar-refractivity contribution in [2.24, 2.45) is 17.8 Å². The minimum atomic E-state index is 0.254. The van der Waals surface area contributed by atoms with E-state index in [1.54, 1.807) is 0 Å². The Morgan fingerprint density at radius 2 is 1.73 bits per heavy atom. The van der Waals surface area contributed by atoms with Gasteiger partial charge in [-0.3, -0.25) is 4.90 Å². The number of hydrogen-bond acceptors (Lipinski definition) is 2. The van der Waals surface area contributed by atoms with Crippen molar-refractivity contribution < 1.29 is 0 Å². The van der Waals surface area contributed by atoms with Gasteiger partial charge < -0.3 is 5.32 Å². The summed E-state index contributed by atoms with van der Waals surface area (Å²) in [6.07, 6.45) is 16.5.